The van der Waals surface area contributed by atoms with E-state index < -0.39 is 0 Å². The van der Waals surface area contributed by atoms with Crippen LogP contribution in [0, 0.1) is 0 Å². The Bertz CT molecular complexity index is 324. The van der Waals surface area contributed by atoms with Gasteiger partial charge < -0.3 is 9.47 Å². The molecule has 0 saturated heterocycles. The average Bonchev–Trinajstić information content (AvgIpc) is 2.17. The van der Waals surface area contributed by atoms with Gasteiger partial charge in [-0.15, -0.1) is 0 Å². The number of rotatable bonds is 3. The van der Waals surface area contributed by atoms with Crippen LogP contribution in [0.3, 0.4) is 0 Å². The van der Waals surface area contributed by atoms with Crippen molar-refractivity contribution in [1.82, 2.24) is 0 Å². The van der Waals surface area contributed by atoms with Crippen LogP contribution in [0.1, 0.15) is 33.3 Å². The zero-order valence-electron chi connectivity index (χ0n) is 10.3. The van der Waals surface area contributed by atoms with E-state index >= 15 is 0 Å². The normalized spacial score (nSPS) is 11.3. The highest BCUT2D eigenvalue weighted by atomic mass is 16.5. The number of ether oxygens (including phenoxy) is 2. The van der Waals surface area contributed by atoms with E-state index in [4.69, 9.17) is 9.47 Å². The maximum Gasteiger partial charge on any atom is 0.161 e. The second-order valence-corrected chi connectivity index (χ2v) is 4.55. The van der Waals surface area contributed by atoms with Gasteiger partial charge in [-0.05, 0) is 30.0 Å². The molecule has 0 aromatic heterocycles. The summed E-state index contributed by atoms with van der Waals surface area (Å²) in [6, 6.07) is 6.11. The van der Waals surface area contributed by atoms with Gasteiger partial charge >= 0.3 is 0 Å². The van der Waals surface area contributed by atoms with Crippen molar-refractivity contribution in [3.8, 4) is 11.5 Å². The molecule has 0 heterocycles. The third-order valence-corrected chi connectivity index (χ3v) is 2.33. The van der Waals surface area contributed by atoms with E-state index in [1.165, 1.54) is 5.56 Å². The number of hydrogen-bond donors (Lipinski definition) is 0. The molecule has 0 radical (unpaired) electrons. The summed E-state index contributed by atoms with van der Waals surface area (Å²) < 4.78 is 10.8. The van der Waals surface area contributed by atoms with Gasteiger partial charge in [0, 0.05) is 0 Å². The molecule has 84 valence electrons. The van der Waals surface area contributed by atoms with E-state index in [9.17, 15) is 0 Å². The molecular formula is C13H20O2. The third kappa shape index (κ3) is 2.88. The highest BCUT2D eigenvalue weighted by Crippen LogP contribution is 2.32. The zero-order valence-corrected chi connectivity index (χ0v) is 10.3. The molecule has 0 bridgehead atoms. The van der Waals surface area contributed by atoms with Gasteiger partial charge in [-0.3, -0.25) is 0 Å². The quantitative estimate of drug-likeness (QED) is 0.758. The summed E-state index contributed by atoms with van der Waals surface area (Å²) >= 11 is 0. The van der Waals surface area contributed by atoms with E-state index in [0.29, 0.717) is 6.61 Å². The molecule has 1 rings (SSSR count). The van der Waals surface area contributed by atoms with Crippen LogP contribution in [-0.4, -0.2) is 13.7 Å². The Hall–Kier alpha value is -1.18. The van der Waals surface area contributed by atoms with Crippen molar-refractivity contribution in [3.05, 3.63) is 23.8 Å². The Morgan fingerprint density at radius 1 is 1.13 bits per heavy atom. The molecule has 0 atom stereocenters. The first-order chi connectivity index (χ1) is 6.99. The third-order valence-electron chi connectivity index (χ3n) is 2.33. The summed E-state index contributed by atoms with van der Waals surface area (Å²) in [6.07, 6.45) is 0. The van der Waals surface area contributed by atoms with Crippen molar-refractivity contribution in [2.75, 3.05) is 13.7 Å². The molecule has 0 saturated carbocycles. The first kappa shape index (κ1) is 11.9. The second kappa shape index (κ2) is 4.56. The van der Waals surface area contributed by atoms with E-state index in [0.717, 1.165) is 11.5 Å². The van der Waals surface area contributed by atoms with E-state index in [1.54, 1.807) is 7.11 Å². The Morgan fingerprint density at radius 2 is 1.80 bits per heavy atom. The number of benzene rings is 1. The summed E-state index contributed by atoms with van der Waals surface area (Å²) in [6.45, 7) is 9.19. The second-order valence-electron chi connectivity index (χ2n) is 4.55. The van der Waals surface area contributed by atoms with Crippen molar-refractivity contribution in [2.24, 2.45) is 0 Å². The van der Waals surface area contributed by atoms with Crippen molar-refractivity contribution >= 4 is 0 Å². The average molecular weight is 208 g/mol. The fraction of sp³-hybridized carbons (Fsp3) is 0.538. The largest absolute Gasteiger partial charge is 0.493 e. The zero-order chi connectivity index (χ0) is 11.5. The van der Waals surface area contributed by atoms with E-state index in [2.05, 4.69) is 32.9 Å². The molecule has 0 amide bonds. The van der Waals surface area contributed by atoms with Crippen LogP contribution in [0.5, 0.6) is 11.5 Å². The lowest BCUT2D eigenvalue weighted by Gasteiger charge is -2.20. The molecule has 2 nitrogen and oxygen atoms in total. The summed E-state index contributed by atoms with van der Waals surface area (Å²) in [5.74, 6) is 1.62. The van der Waals surface area contributed by atoms with Gasteiger partial charge in [0.1, 0.15) is 0 Å². The van der Waals surface area contributed by atoms with Crippen LogP contribution in [0.2, 0.25) is 0 Å². The molecule has 0 N–H and O–H groups in total. The maximum atomic E-state index is 5.54. The lowest BCUT2D eigenvalue weighted by molar-refractivity contribution is 0.310. The molecule has 0 unspecified atom stereocenters. The topological polar surface area (TPSA) is 18.5 Å². The summed E-state index contributed by atoms with van der Waals surface area (Å²) in [7, 11) is 1.66. The molecule has 0 fully saturated rings. The van der Waals surface area contributed by atoms with Gasteiger partial charge in [0.15, 0.2) is 11.5 Å². The van der Waals surface area contributed by atoms with Crippen molar-refractivity contribution < 1.29 is 9.47 Å². The van der Waals surface area contributed by atoms with Crippen molar-refractivity contribution in [1.29, 1.82) is 0 Å². The van der Waals surface area contributed by atoms with E-state index in [-0.39, 0.29) is 5.41 Å². The van der Waals surface area contributed by atoms with E-state index in [1.807, 2.05) is 13.0 Å². The minimum absolute atomic E-state index is 0.137. The predicted octanol–water partition coefficient (Wildman–Crippen LogP) is 3.39. The molecule has 1 aromatic carbocycles. The van der Waals surface area contributed by atoms with Gasteiger partial charge in [0.25, 0.3) is 0 Å². The Morgan fingerprint density at radius 3 is 2.27 bits per heavy atom. The van der Waals surface area contributed by atoms with Crippen LogP contribution >= 0.6 is 0 Å². The lowest BCUT2D eigenvalue weighted by Crippen LogP contribution is -2.11. The van der Waals surface area contributed by atoms with Gasteiger partial charge in [0.2, 0.25) is 0 Å². The van der Waals surface area contributed by atoms with Gasteiger partial charge in [-0.25, -0.2) is 0 Å². The van der Waals surface area contributed by atoms with Crippen molar-refractivity contribution in [2.45, 2.75) is 33.1 Å². The molecule has 15 heavy (non-hydrogen) atoms. The Balaban J connectivity index is 3.10. The Kier molecular flexibility index (Phi) is 3.61. The van der Waals surface area contributed by atoms with Crippen molar-refractivity contribution in [3.63, 3.8) is 0 Å². The molecule has 0 aliphatic carbocycles. The monoisotopic (exact) mass is 208 g/mol. The summed E-state index contributed by atoms with van der Waals surface area (Å²) in [4.78, 5) is 0. The minimum atomic E-state index is 0.137. The summed E-state index contributed by atoms with van der Waals surface area (Å²) in [5, 5.41) is 0. The van der Waals surface area contributed by atoms with Crippen LogP contribution in [0.25, 0.3) is 0 Å². The molecular weight excluding hydrogens is 188 g/mol. The van der Waals surface area contributed by atoms with Gasteiger partial charge in [-0.1, -0.05) is 26.8 Å². The molecule has 0 spiro atoms. The lowest BCUT2D eigenvalue weighted by atomic mass is 9.87. The van der Waals surface area contributed by atoms with Crippen LogP contribution < -0.4 is 9.47 Å². The van der Waals surface area contributed by atoms with Gasteiger partial charge in [-0.2, -0.15) is 0 Å². The standard InChI is InChI=1S/C13H20O2/c1-6-15-12-9-10(13(2,3)4)7-8-11(12)14-5/h7-9H,6H2,1-5H3. The van der Waals surface area contributed by atoms with Crippen LogP contribution in [0.4, 0.5) is 0 Å². The number of hydrogen-bond acceptors (Lipinski definition) is 2. The fourth-order valence-electron chi connectivity index (χ4n) is 1.41. The first-order valence-corrected chi connectivity index (χ1v) is 5.30. The Labute approximate surface area is 92.2 Å². The molecule has 0 aliphatic rings. The highest BCUT2D eigenvalue weighted by molar-refractivity contribution is 5.44. The fourth-order valence-corrected chi connectivity index (χ4v) is 1.41. The summed E-state index contributed by atoms with van der Waals surface area (Å²) in [5.41, 5.74) is 1.39. The van der Waals surface area contributed by atoms with Crippen LogP contribution in [0.15, 0.2) is 18.2 Å². The smallest absolute Gasteiger partial charge is 0.161 e. The van der Waals surface area contributed by atoms with Gasteiger partial charge in [0.05, 0.1) is 13.7 Å². The minimum Gasteiger partial charge on any atom is -0.493 e. The predicted molar refractivity (Wildman–Crippen MR) is 62.9 cm³/mol. The molecule has 0 aliphatic heterocycles. The van der Waals surface area contributed by atoms with Crippen LogP contribution in [-0.2, 0) is 5.41 Å². The maximum absolute atomic E-state index is 5.54. The molecule has 2 heteroatoms. The SMILES string of the molecule is CCOc1cc(C(C)(C)C)ccc1OC. The number of methoxy groups -OCH3 is 1. The highest BCUT2D eigenvalue weighted by Gasteiger charge is 2.16. The molecule has 1 aromatic rings. The first-order valence-electron chi connectivity index (χ1n) is 5.30.